The van der Waals surface area contributed by atoms with Crippen LogP contribution in [0.15, 0.2) is 54.6 Å². The van der Waals surface area contributed by atoms with Crippen LogP contribution < -0.4 is 16.0 Å². The smallest absolute Gasteiger partial charge is 0.319 e. The molecule has 0 spiro atoms. The Hall–Kier alpha value is -2.82. The number of hydrogen-bond donors (Lipinski definition) is 3. The molecule has 1 atom stereocenters. The van der Waals surface area contributed by atoms with Crippen LogP contribution in [-0.4, -0.2) is 25.5 Å². The van der Waals surface area contributed by atoms with Gasteiger partial charge in [0.2, 0.25) is 5.91 Å². The SMILES string of the molecule is CNC(=O)CCc1ccccc1NC(=O)NC[C@@]1(c2ccccc2)CC1(C)C. The summed E-state index contributed by atoms with van der Waals surface area (Å²) in [6, 6.07) is 17.8. The van der Waals surface area contributed by atoms with Gasteiger partial charge in [0, 0.05) is 31.1 Å². The Bertz CT molecular complexity index is 848. The molecule has 1 saturated carbocycles. The molecule has 1 aliphatic carbocycles. The van der Waals surface area contributed by atoms with Crippen LogP contribution in [0.2, 0.25) is 0 Å². The zero-order valence-corrected chi connectivity index (χ0v) is 16.8. The van der Waals surface area contributed by atoms with E-state index in [0.29, 0.717) is 19.4 Å². The Morgan fingerprint density at radius 2 is 1.64 bits per heavy atom. The van der Waals surface area contributed by atoms with Gasteiger partial charge >= 0.3 is 6.03 Å². The van der Waals surface area contributed by atoms with Crippen molar-refractivity contribution in [1.82, 2.24) is 10.6 Å². The van der Waals surface area contributed by atoms with Crippen molar-refractivity contribution in [3.8, 4) is 0 Å². The molecule has 0 heterocycles. The quantitative estimate of drug-likeness (QED) is 0.684. The first-order valence-corrected chi connectivity index (χ1v) is 9.77. The third-order valence-corrected chi connectivity index (χ3v) is 5.96. The number of para-hydroxylation sites is 1. The van der Waals surface area contributed by atoms with E-state index < -0.39 is 0 Å². The van der Waals surface area contributed by atoms with Crippen LogP contribution in [0.5, 0.6) is 0 Å². The fourth-order valence-electron chi connectivity index (χ4n) is 4.00. The highest BCUT2D eigenvalue weighted by molar-refractivity contribution is 5.90. The van der Waals surface area contributed by atoms with E-state index in [0.717, 1.165) is 17.7 Å². The molecule has 0 saturated heterocycles. The number of amides is 3. The Morgan fingerprint density at radius 1 is 1.00 bits per heavy atom. The molecule has 1 fully saturated rings. The molecule has 0 aliphatic heterocycles. The molecule has 0 radical (unpaired) electrons. The first-order valence-electron chi connectivity index (χ1n) is 9.77. The number of nitrogens with one attached hydrogen (secondary N) is 3. The highest BCUT2D eigenvalue weighted by Crippen LogP contribution is 2.63. The van der Waals surface area contributed by atoms with E-state index in [1.54, 1.807) is 7.05 Å². The largest absolute Gasteiger partial charge is 0.359 e. The molecule has 3 amide bonds. The summed E-state index contributed by atoms with van der Waals surface area (Å²) in [5.74, 6) is -0.0139. The van der Waals surface area contributed by atoms with Gasteiger partial charge < -0.3 is 16.0 Å². The summed E-state index contributed by atoms with van der Waals surface area (Å²) in [7, 11) is 1.63. The molecule has 148 valence electrons. The Labute approximate surface area is 166 Å². The van der Waals surface area contributed by atoms with E-state index in [4.69, 9.17) is 0 Å². The van der Waals surface area contributed by atoms with Crippen LogP contribution in [0.4, 0.5) is 10.5 Å². The zero-order chi connectivity index (χ0) is 20.2. The maximum Gasteiger partial charge on any atom is 0.319 e. The minimum atomic E-state index is -0.217. The summed E-state index contributed by atoms with van der Waals surface area (Å²) in [6.45, 7) is 5.08. The molecule has 28 heavy (non-hydrogen) atoms. The Balaban J connectivity index is 1.63. The number of rotatable bonds is 7. The summed E-state index contributed by atoms with van der Waals surface area (Å²) in [5.41, 5.74) is 3.10. The van der Waals surface area contributed by atoms with E-state index in [-0.39, 0.29) is 22.8 Å². The van der Waals surface area contributed by atoms with E-state index in [1.807, 2.05) is 42.5 Å². The van der Waals surface area contributed by atoms with Crippen molar-refractivity contribution < 1.29 is 9.59 Å². The molecule has 1 aliphatic rings. The van der Waals surface area contributed by atoms with Crippen molar-refractivity contribution in [1.29, 1.82) is 0 Å². The van der Waals surface area contributed by atoms with Crippen LogP contribution in [0, 0.1) is 5.41 Å². The van der Waals surface area contributed by atoms with E-state index in [2.05, 4.69) is 41.9 Å². The first-order chi connectivity index (χ1) is 13.4. The van der Waals surface area contributed by atoms with Crippen molar-refractivity contribution in [2.45, 2.75) is 38.5 Å². The number of carbonyl (C=O) groups excluding carboxylic acids is 2. The Kier molecular flexibility index (Phi) is 5.73. The van der Waals surface area contributed by atoms with Gasteiger partial charge in [-0.25, -0.2) is 4.79 Å². The standard InChI is InChI=1S/C23H29N3O2/c1-22(2)15-23(22,18-10-5-4-6-11-18)16-25-21(28)26-19-12-8-7-9-17(19)13-14-20(27)24-3/h4-12H,13-16H2,1-3H3,(H,24,27)(H2,25,26,28)/t23-/m1/s1. The lowest BCUT2D eigenvalue weighted by atomic mass is 9.88. The van der Waals surface area contributed by atoms with Crippen molar-refractivity contribution in [2.24, 2.45) is 5.41 Å². The molecule has 0 bridgehead atoms. The van der Waals surface area contributed by atoms with Gasteiger partial charge in [-0.3, -0.25) is 4.79 Å². The molecule has 2 aromatic carbocycles. The molecule has 5 nitrogen and oxygen atoms in total. The molecule has 3 N–H and O–H groups in total. The maximum atomic E-state index is 12.6. The van der Waals surface area contributed by atoms with Gasteiger partial charge in [0.15, 0.2) is 0 Å². The lowest BCUT2D eigenvalue weighted by Crippen LogP contribution is -2.37. The molecule has 0 unspecified atom stereocenters. The van der Waals surface area contributed by atoms with Crippen molar-refractivity contribution in [3.63, 3.8) is 0 Å². The lowest BCUT2D eigenvalue weighted by Gasteiger charge is -2.22. The number of aryl methyl sites for hydroxylation is 1. The summed E-state index contributed by atoms with van der Waals surface area (Å²) < 4.78 is 0. The molecular formula is C23H29N3O2. The summed E-state index contributed by atoms with van der Waals surface area (Å²) >= 11 is 0. The van der Waals surface area contributed by atoms with Crippen LogP contribution in [0.1, 0.15) is 37.8 Å². The van der Waals surface area contributed by atoms with Crippen molar-refractivity contribution in [2.75, 3.05) is 18.9 Å². The monoisotopic (exact) mass is 379 g/mol. The summed E-state index contributed by atoms with van der Waals surface area (Å²) in [6.07, 6.45) is 2.02. The maximum absolute atomic E-state index is 12.6. The Morgan fingerprint density at radius 3 is 2.29 bits per heavy atom. The molecule has 0 aromatic heterocycles. The minimum absolute atomic E-state index is 0.0139. The van der Waals surface area contributed by atoms with Gasteiger partial charge in [0.1, 0.15) is 0 Å². The minimum Gasteiger partial charge on any atom is -0.359 e. The van der Waals surface area contributed by atoms with E-state index >= 15 is 0 Å². The number of hydrogen-bond acceptors (Lipinski definition) is 2. The fraction of sp³-hybridized carbons (Fsp3) is 0.391. The third-order valence-electron chi connectivity index (χ3n) is 5.96. The average molecular weight is 380 g/mol. The van der Waals surface area contributed by atoms with E-state index in [9.17, 15) is 9.59 Å². The number of benzene rings is 2. The number of urea groups is 1. The van der Waals surface area contributed by atoms with Crippen molar-refractivity contribution in [3.05, 3.63) is 65.7 Å². The average Bonchev–Trinajstić information content (AvgIpc) is 3.28. The second kappa shape index (κ2) is 8.05. The normalized spacial score (nSPS) is 19.5. The van der Waals surface area contributed by atoms with Gasteiger partial charge in [0.05, 0.1) is 0 Å². The van der Waals surface area contributed by atoms with Gasteiger partial charge in [-0.2, -0.15) is 0 Å². The number of anilines is 1. The number of carbonyl (C=O) groups is 2. The van der Waals surface area contributed by atoms with Gasteiger partial charge in [-0.1, -0.05) is 62.4 Å². The predicted octanol–water partition coefficient (Wildman–Crippen LogP) is 3.85. The highest BCUT2D eigenvalue weighted by atomic mass is 16.2. The second-order valence-corrected chi connectivity index (χ2v) is 8.15. The third kappa shape index (κ3) is 4.19. The van der Waals surface area contributed by atoms with Gasteiger partial charge in [-0.15, -0.1) is 0 Å². The molecule has 2 aromatic rings. The topological polar surface area (TPSA) is 70.2 Å². The van der Waals surface area contributed by atoms with Gasteiger partial charge in [-0.05, 0) is 35.4 Å². The summed E-state index contributed by atoms with van der Waals surface area (Å²) in [4.78, 5) is 24.1. The molecular weight excluding hydrogens is 350 g/mol. The summed E-state index contributed by atoms with van der Waals surface area (Å²) in [5, 5.41) is 8.64. The van der Waals surface area contributed by atoms with Gasteiger partial charge in [0.25, 0.3) is 0 Å². The lowest BCUT2D eigenvalue weighted by molar-refractivity contribution is -0.120. The highest BCUT2D eigenvalue weighted by Gasteiger charge is 2.61. The fourth-order valence-corrected chi connectivity index (χ4v) is 4.00. The first kappa shape index (κ1) is 19.9. The zero-order valence-electron chi connectivity index (χ0n) is 16.8. The van der Waals surface area contributed by atoms with Crippen LogP contribution in [0.3, 0.4) is 0 Å². The van der Waals surface area contributed by atoms with Crippen molar-refractivity contribution >= 4 is 17.6 Å². The van der Waals surface area contributed by atoms with Crippen LogP contribution >= 0.6 is 0 Å². The van der Waals surface area contributed by atoms with Crippen LogP contribution in [-0.2, 0) is 16.6 Å². The second-order valence-electron chi connectivity index (χ2n) is 8.15. The molecule has 5 heteroatoms. The predicted molar refractivity (Wildman–Crippen MR) is 112 cm³/mol. The molecule has 3 rings (SSSR count). The van der Waals surface area contributed by atoms with Crippen LogP contribution in [0.25, 0.3) is 0 Å². The van der Waals surface area contributed by atoms with E-state index in [1.165, 1.54) is 5.56 Å².